The Morgan fingerprint density at radius 3 is 2.87 bits per heavy atom. The molecule has 0 atom stereocenters. The van der Waals surface area contributed by atoms with Gasteiger partial charge in [-0.2, -0.15) is 0 Å². The molecule has 80 valence electrons. The van der Waals surface area contributed by atoms with Crippen molar-refractivity contribution in [2.45, 2.75) is 12.8 Å². The molecule has 2 nitrogen and oxygen atoms in total. The summed E-state index contributed by atoms with van der Waals surface area (Å²) in [4.78, 5) is 4.27. The highest BCUT2D eigenvalue weighted by Gasteiger charge is 2.12. The molecule has 1 aliphatic heterocycles. The third kappa shape index (κ3) is 2.49. The van der Waals surface area contributed by atoms with Crippen LogP contribution in [-0.2, 0) is 0 Å². The maximum atomic E-state index is 12.9. The highest BCUT2D eigenvalue weighted by atomic mass is 79.9. The standard InChI is InChI=1S/C10H9BrClFN2/c11-7-4-6(13)5-8(12)10(7)15-9-2-1-3-14-9/h4-5H,1-3H2,(H,14,15). The van der Waals surface area contributed by atoms with E-state index in [2.05, 4.69) is 26.2 Å². The van der Waals surface area contributed by atoms with Gasteiger partial charge in [-0.25, -0.2) is 4.39 Å². The number of nitrogens with one attached hydrogen (secondary N) is 1. The van der Waals surface area contributed by atoms with Crippen LogP contribution in [0.5, 0.6) is 0 Å². The van der Waals surface area contributed by atoms with Crippen LogP contribution >= 0.6 is 27.5 Å². The molecule has 0 fully saturated rings. The van der Waals surface area contributed by atoms with Gasteiger partial charge in [0, 0.05) is 17.4 Å². The van der Waals surface area contributed by atoms with Crippen molar-refractivity contribution >= 4 is 39.1 Å². The number of rotatable bonds is 1. The Labute approximate surface area is 101 Å². The van der Waals surface area contributed by atoms with E-state index >= 15 is 0 Å². The lowest BCUT2D eigenvalue weighted by molar-refractivity contribution is 0.627. The Morgan fingerprint density at radius 2 is 2.27 bits per heavy atom. The van der Waals surface area contributed by atoms with E-state index < -0.39 is 0 Å². The number of hydrogen-bond acceptors (Lipinski definition) is 2. The molecule has 2 rings (SSSR count). The van der Waals surface area contributed by atoms with Gasteiger partial charge in [0.1, 0.15) is 11.7 Å². The van der Waals surface area contributed by atoms with E-state index in [0.29, 0.717) is 15.2 Å². The molecule has 1 N–H and O–H groups in total. The summed E-state index contributed by atoms with van der Waals surface area (Å²) in [7, 11) is 0. The van der Waals surface area contributed by atoms with E-state index in [1.165, 1.54) is 12.1 Å². The molecule has 1 aromatic rings. The van der Waals surface area contributed by atoms with Crippen LogP contribution in [0.25, 0.3) is 0 Å². The fourth-order valence-electron chi connectivity index (χ4n) is 1.45. The van der Waals surface area contributed by atoms with Crippen LogP contribution in [0.3, 0.4) is 0 Å². The molecule has 0 aromatic heterocycles. The summed E-state index contributed by atoms with van der Waals surface area (Å²) in [6, 6.07) is 2.66. The number of anilines is 1. The first-order chi connectivity index (χ1) is 7.16. The first-order valence-corrected chi connectivity index (χ1v) is 5.79. The Hall–Kier alpha value is -0.610. The van der Waals surface area contributed by atoms with E-state index in [1.807, 2.05) is 0 Å². The molecule has 1 aliphatic rings. The lowest BCUT2D eigenvalue weighted by atomic mass is 10.3. The van der Waals surface area contributed by atoms with Gasteiger partial charge in [0.25, 0.3) is 0 Å². The SMILES string of the molecule is Fc1cc(Cl)c(NC2=NCCC2)c(Br)c1. The average Bonchev–Trinajstić information content (AvgIpc) is 2.63. The maximum absolute atomic E-state index is 12.9. The van der Waals surface area contributed by atoms with E-state index in [-0.39, 0.29) is 5.82 Å². The zero-order chi connectivity index (χ0) is 10.8. The molecule has 0 saturated carbocycles. The average molecular weight is 292 g/mol. The van der Waals surface area contributed by atoms with Gasteiger partial charge in [-0.15, -0.1) is 0 Å². The molecular formula is C10H9BrClFN2. The van der Waals surface area contributed by atoms with Gasteiger partial charge in [-0.05, 0) is 34.5 Å². The molecule has 0 aliphatic carbocycles. The third-order valence-electron chi connectivity index (χ3n) is 2.15. The zero-order valence-electron chi connectivity index (χ0n) is 7.86. The van der Waals surface area contributed by atoms with E-state index in [9.17, 15) is 4.39 Å². The van der Waals surface area contributed by atoms with Crippen LogP contribution in [0.1, 0.15) is 12.8 Å². The maximum Gasteiger partial charge on any atom is 0.125 e. The number of aliphatic imine (C=N–C) groups is 1. The second kappa shape index (κ2) is 4.49. The van der Waals surface area contributed by atoms with Crippen molar-refractivity contribution in [2.75, 3.05) is 11.9 Å². The molecule has 0 radical (unpaired) electrons. The summed E-state index contributed by atoms with van der Waals surface area (Å²) in [5.41, 5.74) is 0.679. The van der Waals surface area contributed by atoms with E-state index in [1.54, 1.807) is 0 Å². The smallest absolute Gasteiger partial charge is 0.125 e. The summed E-state index contributed by atoms with van der Waals surface area (Å²) >= 11 is 9.19. The Kier molecular flexibility index (Phi) is 3.26. The molecule has 0 unspecified atom stereocenters. The minimum Gasteiger partial charge on any atom is -0.342 e. The monoisotopic (exact) mass is 290 g/mol. The third-order valence-corrected chi connectivity index (χ3v) is 3.07. The lowest BCUT2D eigenvalue weighted by Gasteiger charge is -2.10. The Bertz CT molecular complexity index is 397. The largest absolute Gasteiger partial charge is 0.342 e. The van der Waals surface area contributed by atoms with Crippen LogP contribution in [0.15, 0.2) is 21.6 Å². The summed E-state index contributed by atoms with van der Waals surface area (Å²) < 4.78 is 13.6. The normalized spacial score (nSPS) is 15.3. The van der Waals surface area contributed by atoms with Gasteiger partial charge in [0.05, 0.1) is 10.7 Å². The Balaban J connectivity index is 2.27. The van der Waals surface area contributed by atoms with Crippen molar-refractivity contribution in [3.05, 3.63) is 27.4 Å². The molecular weight excluding hydrogens is 282 g/mol. The zero-order valence-corrected chi connectivity index (χ0v) is 10.2. The minimum atomic E-state index is -0.356. The fourth-order valence-corrected chi connectivity index (χ4v) is 2.35. The Morgan fingerprint density at radius 1 is 1.47 bits per heavy atom. The van der Waals surface area contributed by atoms with Crippen molar-refractivity contribution in [1.82, 2.24) is 0 Å². The van der Waals surface area contributed by atoms with Crippen molar-refractivity contribution in [1.29, 1.82) is 0 Å². The molecule has 15 heavy (non-hydrogen) atoms. The highest BCUT2D eigenvalue weighted by Crippen LogP contribution is 2.32. The molecule has 0 spiro atoms. The minimum absolute atomic E-state index is 0.356. The van der Waals surface area contributed by atoms with Gasteiger partial charge in [-0.1, -0.05) is 11.6 Å². The summed E-state index contributed by atoms with van der Waals surface area (Å²) in [6.45, 7) is 0.846. The van der Waals surface area contributed by atoms with Gasteiger partial charge >= 0.3 is 0 Å². The number of halogens is 3. The summed E-state index contributed by atoms with van der Waals surface area (Å²) in [6.07, 6.45) is 1.97. The molecule has 0 bridgehead atoms. The van der Waals surface area contributed by atoms with Crippen molar-refractivity contribution in [2.24, 2.45) is 4.99 Å². The van der Waals surface area contributed by atoms with Crippen LogP contribution in [0.4, 0.5) is 10.1 Å². The number of benzene rings is 1. The van der Waals surface area contributed by atoms with Gasteiger partial charge < -0.3 is 5.32 Å². The number of hydrogen-bond donors (Lipinski definition) is 1. The highest BCUT2D eigenvalue weighted by molar-refractivity contribution is 9.10. The molecule has 0 amide bonds. The van der Waals surface area contributed by atoms with Gasteiger partial charge in [-0.3, -0.25) is 4.99 Å². The van der Waals surface area contributed by atoms with Gasteiger partial charge in [0.15, 0.2) is 0 Å². The van der Waals surface area contributed by atoms with E-state index in [0.717, 1.165) is 25.2 Å². The summed E-state index contributed by atoms with van der Waals surface area (Å²) in [5, 5.41) is 3.47. The predicted octanol–water partition coefficient (Wildman–Crippen LogP) is 3.85. The van der Waals surface area contributed by atoms with Crippen molar-refractivity contribution in [3.63, 3.8) is 0 Å². The van der Waals surface area contributed by atoms with Crippen molar-refractivity contribution in [3.8, 4) is 0 Å². The number of nitrogens with zero attached hydrogens (tertiary/aromatic N) is 1. The topological polar surface area (TPSA) is 24.4 Å². The fraction of sp³-hybridized carbons (Fsp3) is 0.300. The number of amidine groups is 1. The van der Waals surface area contributed by atoms with Crippen LogP contribution in [-0.4, -0.2) is 12.4 Å². The molecule has 0 saturated heterocycles. The van der Waals surface area contributed by atoms with E-state index in [4.69, 9.17) is 11.6 Å². The first kappa shape index (κ1) is 10.9. The second-order valence-corrected chi connectivity index (χ2v) is 4.56. The second-order valence-electron chi connectivity index (χ2n) is 3.30. The van der Waals surface area contributed by atoms with Gasteiger partial charge in [0.2, 0.25) is 0 Å². The first-order valence-electron chi connectivity index (χ1n) is 4.62. The predicted molar refractivity (Wildman–Crippen MR) is 64.3 cm³/mol. The molecule has 1 aromatic carbocycles. The van der Waals surface area contributed by atoms with Crippen LogP contribution < -0.4 is 5.32 Å². The quantitative estimate of drug-likeness (QED) is 0.835. The summed E-state index contributed by atoms with van der Waals surface area (Å²) in [5.74, 6) is 0.551. The van der Waals surface area contributed by atoms with Crippen molar-refractivity contribution < 1.29 is 4.39 Å². The lowest BCUT2D eigenvalue weighted by Crippen LogP contribution is -2.09. The molecule has 1 heterocycles. The van der Waals surface area contributed by atoms with Crippen LogP contribution in [0.2, 0.25) is 5.02 Å². The van der Waals surface area contributed by atoms with Crippen LogP contribution in [0, 0.1) is 5.82 Å². The molecule has 5 heteroatoms.